The molecule has 2 aromatic rings. The molecular weight excluding hydrogens is 458 g/mol. The van der Waals surface area contributed by atoms with E-state index in [9.17, 15) is 14.7 Å². The maximum atomic E-state index is 13.2. The maximum Gasteiger partial charge on any atom is 0.295 e. The van der Waals surface area contributed by atoms with Gasteiger partial charge in [-0.3, -0.25) is 9.59 Å². The second kappa shape index (κ2) is 10.8. The summed E-state index contributed by atoms with van der Waals surface area (Å²) in [6.07, 6.45) is 1.50. The van der Waals surface area contributed by atoms with Gasteiger partial charge in [-0.15, -0.1) is 0 Å². The number of carbonyl (C=O) groups is 2. The molecule has 0 bridgehead atoms. The van der Waals surface area contributed by atoms with E-state index in [-0.39, 0.29) is 33.8 Å². The number of unbranched alkanes of at least 4 members (excludes halogenated alkanes) is 1. The normalized spacial score (nSPS) is 17.4. The number of aliphatic hydroxyl groups is 1. The van der Waals surface area contributed by atoms with Crippen molar-refractivity contribution in [2.24, 2.45) is 0 Å². The first-order valence-corrected chi connectivity index (χ1v) is 11.6. The minimum atomic E-state index is -0.784. The highest BCUT2D eigenvalue weighted by atomic mass is 35.5. The largest absolute Gasteiger partial charge is 0.507 e. The average molecular weight is 488 g/mol. The van der Waals surface area contributed by atoms with Gasteiger partial charge in [0.25, 0.3) is 11.7 Å². The molecule has 3 rings (SSSR count). The van der Waals surface area contributed by atoms with Crippen LogP contribution in [0.15, 0.2) is 42.0 Å². The SMILES string of the molecule is CCCCN1C(=O)C(=O)/C(=C(/O)c2cc(Cl)c(OC)cc2OC)C1c1cccc(OC(C)C)c1. The highest BCUT2D eigenvalue weighted by molar-refractivity contribution is 6.46. The Morgan fingerprint density at radius 2 is 1.82 bits per heavy atom. The number of Topliss-reactive ketones (excluding diaryl/α,β-unsaturated/α-hetero) is 1. The van der Waals surface area contributed by atoms with Crippen LogP contribution in [0.5, 0.6) is 17.2 Å². The summed E-state index contributed by atoms with van der Waals surface area (Å²) in [4.78, 5) is 27.8. The third-order valence-corrected chi connectivity index (χ3v) is 5.86. The van der Waals surface area contributed by atoms with Gasteiger partial charge < -0.3 is 24.2 Å². The molecule has 2 aromatic carbocycles. The number of hydrogen-bond acceptors (Lipinski definition) is 6. The molecule has 1 aliphatic heterocycles. The Balaban J connectivity index is 2.23. The molecule has 182 valence electrons. The number of benzene rings is 2. The number of ether oxygens (including phenoxy) is 3. The molecule has 1 unspecified atom stereocenters. The molecule has 1 heterocycles. The monoisotopic (exact) mass is 487 g/mol. The number of hydrogen-bond donors (Lipinski definition) is 1. The number of nitrogens with zero attached hydrogens (tertiary/aromatic N) is 1. The molecule has 0 aromatic heterocycles. The van der Waals surface area contributed by atoms with E-state index in [1.807, 2.05) is 32.9 Å². The zero-order valence-corrected chi connectivity index (χ0v) is 20.8. The summed E-state index contributed by atoms with van der Waals surface area (Å²) in [6.45, 7) is 6.21. The lowest BCUT2D eigenvalue weighted by Gasteiger charge is -2.26. The van der Waals surface area contributed by atoms with Gasteiger partial charge in [0, 0.05) is 12.6 Å². The van der Waals surface area contributed by atoms with Crippen molar-refractivity contribution < 1.29 is 28.9 Å². The Bertz CT molecular complexity index is 1110. The van der Waals surface area contributed by atoms with Gasteiger partial charge in [-0.2, -0.15) is 0 Å². The van der Waals surface area contributed by atoms with E-state index >= 15 is 0 Å². The third-order valence-electron chi connectivity index (χ3n) is 5.57. The molecule has 0 spiro atoms. The predicted molar refractivity (Wildman–Crippen MR) is 131 cm³/mol. The minimum Gasteiger partial charge on any atom is -0.507 e. The predicted octanol–water partition coefficient (Wildman–Crippen LogP) is 5.37. The minimum absolute atomic E-state index is 0.0256. The van der Waals surface area contributed by atoms with Crippen LogP contribution in [0, 0.1) is 0 Å². The summed E-state index contributed by atoms with van der Waals surface area (Å²) in [5.41, 5.74) is 0.831. The molecule has 0 radical (unpaired) electrons. The fourth-order valence-electron chi connectivity index (χ4n) is 4.01. The second-order valence-electron chi connectivity index (χ2n) is 8.27. The van der Waals surface area contributed by atoms with Crippen molar-refractivity contribution in [3.63, 3.8) is 0 Å². The lowest BCUT2D eigenvalue weighted by atomic mass is 9.94. The Morgan fingerprint density at radius 1 is 1.12 bits per heavy atom. The summed E-state index contributed by atoms with van der Waals surface area (Å²) in [5, 5.41) is 11.6. The Morgan fingerprint density at radius 3 is 2.44 bits per heavy atom. The van der Waals surface area contributed by atoms with Crippen molar-refractivity contribution >= 4 is 29.1 Å². The van der Waals surface area contributed by atoms with Crippen LogP contribution in [-0.4, -0.2) is 48.6 Å². The van der Waals surface area contributed by atoms with Crippen LogP contribution < -0.4 is 14.2 Å². The Kier molecular flexibility index (Phi) is 8.10. The first-order chi connectivity index (χ1) is 16.2. The fourth-order valence-corrected chi connectivity index (χ4v) is 4.25. The van der Waals surface area contributed by atoms with Crippen LogP contribution >= 0.6 is 11.6 Å². The maximum absolute atomic E-state index is 13.2. The second-order valence-corrected chi connectivity index (χ2v) is 8.68. The van der Waals surface area contributed by atoms with Crippen LogP contribution in [0.1, 0.15) is 50.8 Å². The van der Waals surface area contributed by atoms with Crippen LogP contribution in [0.3, 0.4) is 0 Å². The van der Waals surface area contributed by atoms with Gasteiger partial charge in [-0.25, -0.2) is 0 Å². The summed E-state index contributed by atoms with van der Waals surface area (Å²) in [7, 11) is 2.90. The first-order valence-electron chi connectivity index (χ1n) is 11.2. The molecule has 1 fully saturated rings. The molecule has 34 heavy (non-hydrogen) atoms. The summed E-state index contributed by atoms with van der Waals surface area (Å²) in [5.74, 6) is -0.559. The Labute approximate surface area is 204 Å². The number of likely N-dealkylation sites (tertiary alicyclic amines) is 1. The van der Waals surface area contributed by atoms with Crippen molar-refractivity contribution in [2.45, 2.75) is 45.8 Å². The van der Waals surface area contributed by atoms with E-state index in [0.29, 0.717) is 30.0 Å². The first kappa shape index (κ1) is 25.4. The fraction of sp³-hybridized carbons (Fsp3) is 0.385. The van der Waals surface area contributed by atoms with E-state index in [2.05, 4.69) is 0 Å². The van der Waals surface area contributed by atoms with Crippen LogP contribution in [0.2, 0.25) is 5.02 Å². The molecule has 1 atom stereocenters. The zero-order valence-electron chi connectivity index (χ0n) is 20.1. The summed E-state index contributed by atoms with van der Waals surface area (Å²) >= 11 is 6.30. The molecule has 0 aliphatic carbocycles. The number of carbonyl (C=O) groups excluding carboxylic acids is 2. The Hall–Kier alpha value is -3.19. The third kappa shape index (κ3) is 4.99. The van der Waals surface area contributed by atoms with Gasteiger partial charge in [0.1, 0.15) is 23.0 Å². The van der Waals surface area contributed by atoms with Crippen molar-refractivity contribution in [2.75, 3.05) is 20.8 Å². The van der Waals surface area contributed by atoms with Crippen LogP contribution in [0.4, 0.5) is 0 Å². The highest BCUT2D eigenvalue weighted by Crippen LogP contribution is 2.43. The number of aliphatic hydroxyl groups excluding tert-OH is 1. The summed E-state index contributed by atoms with van der Waals surface area (Å²) in [6, 6.07) is 9.42. The molecular formula is C26H30ClNO6. The van der Waals surface area contributed by atoms with Crippen molar-refractivity contribution in [3.05, 3.63) is 58.1 Å². The van der Waals surface area contributed by atoms with Gasteiger partial charge >= 0.3 is 0 Å². The van der Waals surface area contributed by atoms with E-state index < -0.39 is 17.7 Å². The zero-order chi connectivity index (χ0) is 25.0. The standard InChI is InChI=1S/C26H30ClNO6/c1-6-7-11-28-23(16-9-8-10-17(12-16)34-15(2)3)22(25(30)26(28)31)24(29)18-13-19(27)21(33-5)14-20(18)32-4/h8-10,12-15,23,29H,6-7,11H2,1-5H3/b24-22+. The van der Waals surface area contributed by atoms with Crippen LogP contribution in [-0.2, 0) is 9.59 Å². The molecule has 0 saturated carbocycles. The molecule has 8 heteroatoms. The number of halogens is 1. The lowest BCUT2D eigenvalue weighted by molar-refractivity contribution is -0.139. The highest BCUT2D eigenvalue weighted by Gasteiger charge is 2.46. The summed E-state index contributed by atoms with van der Waals surface area (Å²) < 4.78 is 16.5. The van der Waals surface area contributed by atoms with Crippen molar-refractivity contribution in [1.29, 1.82) is 0 Å². The quantitative estimate of drug-likeness (QED) is 0.291. The number of ketones is 1. The van der Waals surface area contributed by atoms with E-state index in [0.717, 1.165) is 6.42 Å². The van der Waals surface area contributed by atoms with Crippen LogP contribution in [0.25, 0.3) is 5.76 Å². The smallest absolute Gasteiger partial charge is 0.295 e. The van der Waals surface area contributed by atoms with E-state index in [4.69, 9.17) is 25.8 Å². The number of rotatable bonds is 9. The number of methoxy groups -OCH3 is 2. The van der Waals surface area contributed by atoms with Gasteiger partial charge in [0.15, 0.2) is 0 Å². The van der Waals surface area contributed by atoms with Crippen molar-refractivity contribution in [3.8, 4) is 17.2 Å². The van der Waals surface area contributed by atoms with Crippen molar-refractivity contribution in [1.82, 2.24) is 4.90 Å². The molecule has 1 amide bonds. The number of amides is 1. The van der Waals surface area contributed by atoms with Gasteiger partial charge in [-0.1, -0.05) is 37.1 Å². The molecule has 7 nitrogen and oxygen atoms in total. The van der Waals surface area contributed by atoms with Gasteiger partial charge in [-0.05, 0) is 44.0 Å². The van der Waals surface area contributed by atoms with E-state index in [1.165, 1.54) is 31.3 Å². The lowest BCUT2D eigenvalue weighted by Crippen LogP contribution is -2.30. The van der Waals surface area contributed by atoms with E-state index in [1.54, 1.807) is 12.1 Å². The molecule has 1 saturated heterocycles. The average Bonchev–Trinajstić information content (AvgIpc) is 3.06. The van der Waals surface area contributed by atoms with Gasteiger partial charge in [0.05, 0.1) is 42.5 Å². The molecule has 1 aliphatic rings. The molecule has 1 N–H and O–H groups in total. The topological polar surface area (TPSA) is 85.3 Å². The van der Waals surface area contributed by atoms with Gasteiger partial charge in [0.2, 0.25) is 0 Å².